The molecule has 6 nitrogen and oxygen atoms in total. The SMILES string of the molecule is COc1c(F)cc(NCC(=O)Nc2cccc3nsnc23)cc1F. The van der Waals surface area contributed by atoms with Crippen LogP contribution < -0.4 is 15.4 Å². The van der Waals surface area contributed by atoms with Crippen LogP contribution in [0.3, 0.4) is 0 Å². The van der Waals surface area contributed by atoms with Gasteiger partial charge in [-0.25, -0.2) is 8.78 Å². The first-order valence-corrected chi connectivity index (χ1v) is 7.59. The molecule has 0 unspecified atom stereocenters. The summed E-state index contributed by atoms with van der Waals surface area (Å²) >= 11 is 1.05. The van der Waals surface area contributed by atoms with Gasteiger partial charge in [-0.2, -0.15) is 8.75 Å². The van der Waals surface area contributed by atoms with E-state index >= 15 is 0 Å². The fraction of sp³-hybridized carbons (Fsp3) is 0.133. The zero-order valence-electron chi connectivity index (χ0n) is 12.5. The molecule has 1 amide bonds. The number of rotatable bonds is 5. The molecule has 0 aliphatic carbocycles. The number of carbonyl (C=O) groups is 1. The number of amides is 1. The number of hydrogen-bond donors (Lipinski definition) is 2. The Morgan fingerprint density at radius 2 is 2.00 bits per heavy atom. The third-order valence-corrected chi connectivity index (χ3v) is 3.76. The molecule has 0 radical (unpaired) electrons. The van der Waals surface area contributed by atoms with Gasteiger partial charge in [-0.3, -0.25) is 4.79 Å². The maximum absolute atomic E-state index is 13.6. The number of fused-ring (bicyclic) bond motifs is 1. The summed E-state index contributed by atoms with van der Waals surface area (Å²) < 4.78 is 40.0. The van der Waals surface area contributed by atoms with E-state index in [2.05, 4.69) is 24.1 Å². The lowest BCUT2D eigenvalue weighted by Crippen LogP contribution is -2.22. The number of aromatic nitrogens is 2. The van der Waals surface area contributed by atoms with Crippen LogP contribution in [0.5, 0.6) is 5.75 Å². The number of nitrogens with zero attached hydrogens (tertiary/aromatic N) is 2. The lowest BCUT2D eigenvalue weighted by molar-refractivity contribution is -0.114. The van der Waals surface area contributed by atoms with Gasteiger partial charge in [0.15, 0.2) is 17.4 Å². The Balaban J connectivity index is 1.67. The van der Waals surface area contributed by atoms with E-state index in [4.69, 9.17) is 0 Å². The molecule has 124 valence electrons. The summed E-state index contributed by atoms with van der Waals surface area (Å²) in [5, 5.41) is 5.34. The first-order chi connectivity index (χ1) is 11.6. The fourth-order valence-electron chi connectivity index (χ4n) is 2.14. The molecule has 24 heavy (non-hydrogen) atoms. The van der Waals surface area contributed by atoms with Crippen molar-refractivity contribution in [3.8, 4) is 5.75 Å². The highest BCUT2D eigenvalue weighted by molar-refractivity contribution is 7.00. The van der Waals surface area contributed by atoms with E-state index in [9.17, 15) is 13.6 Å². The summed E-state index contributed by atoms with van der Waals surface area (Å²) in [6.45, 7) is -0.167. The van der Waals surface area contributed by atoms with Crippen LogP contribution in [0.25, 0.3) is 11.0 Å². The van der Waals surface area contributed by atoms with Crippen LogP contribution in [0, 0.1) is 11.6 Å². The lowest BCUT2D eigenvalue weighted by Gasteiger charge is -2.10. The minimum Gasteiger partial charge on any atom is -0.491 e. The Hall–Kier alpha value is -2.81. The van der Waals surface area contributed by atoms with E-state index in [1.807, 2.05) is 0 Å². The van der Waals surface area contributed by atoms with Crippen molar-refractivity contribution in [1.29, 1.82) is 0 Å². The first-order valence-electron chi connectivity index (χ1n) is 6.86. The molecule has 0 bridgehead atoms. The Labute approximate surface area is 139 Å². The highest BCUT2D eigenvalue weighted by atomic mass is 32.1. The van der Waals surface area contributed by atoms with Gasteiger partial charge < -0.3 is 15.4 Å². The second-order valence-electron chi connectivity index (χ2n) is 4.81. The normalized spacial score (nSPS) is 10.6. The van der Waals surface area contributed by atoms with E-state index in [1.165, 1.54) is 7.11 Å². The topological polar surface area (TPSA) is 76.1 Å². The molecule has 0 fully saturated rings. The average molecular weight is 350 g/mol. The number of ether oxygens (including phenoxy) is 1. The average Bonchev–Trinajstić information content (AvgIpc) is 3.02. The van der Waals surface area contributed by atoms with Gasteiger partial charge in [0.1, 0.15) is 11.0 Å². The zero-order chi connectivity index (χ0) is 17.1. The monoisotopic (exact) mass is 350 g/mol. The van der Waals surface area contributed by atoms with Gasteiger partial charge >= 0.3 is 0 Å². The number of methoxy groups -OCH3 is 1. The molecule has 3 aromatic rings. The molecular weight excluding hydrogens is 338 g/mol. The molecule has 2 N–H and O–H groups in total. The molecule has 0 saturated carbocycles. The number of hydrogen-bond acceptors (Lipinski definition) is 6. The van der Waals surface area contributed by atoms with Crippen molar-refractivity contribution in [1.82, 2.24) is 8.75 Å². The van der Waals surface area contributed by atoms with Crippen LogP contribution >= 0.6 is 11.7 Å². The van der Waals surface area contributed by atoms with Gasteiger partial charge in [-0.05, 0) is 12.1 Å². The van der Waals surface area contributed by atoms with Crippen LogP contribution in [0.15, 0.2) is 30.3 Å². The third-order valence-electron chi connectivity index (χ3n) is 3.22. The predicted molar refractivity (Wildman–Crippen MR) is 87.4 cm³/mol. The molecular formula is C15H12F2N4O2S. The molecule has 0 spiro atoms. The molecule has 3 rings (SSSR count). The predicted octanol–water partition coefficient (Wildman–Crippen LogP) is 3.03. The number of carbonyl (C=O) groups excluding carboxylic acids is 1. The summed E-state index contributed by atoms with van der Waals surface area (Å²) in [4.78, 5) is 12.0. The smallest absolute Gasteiger partial charge is 0.243 e. The van der Waals surface area contributed by atoms with E-state index in [0.717, 1.165) is 23.9 Å². The van der Waals surface area contributed by atoms with Crippen molar-refractivity contribution in [2.24, 2.45) is 0 Å². The van der Waals surface area contributed by atoms with Crippen molar-refractivity contribution in [3.63, 3.8) is 0 Å². The summed E-state index contributed by atoms with van der Waals surface area (Å²) in [5.74, 6) is -2.54. The minimum atomic E-state index is -0.848. The molecule has 1 aromatic heterocycles. The molecule has 1 heterocycles. The van der Waals surface area contributed by atoms with Crippen molar-refractivity contribution in [2.45, 2.75) is 0 Å². The third kappa shape index (κ3) is 3.25. The second-order valence-corrected chi connectivity index (χ2v) is 5.34. The number of benzene rings is 2. The van der Waals surface area contributed by atoms with Crippen molar-refractivity contribution >= 4 is 40.0 Å². The standard InChI is InChI=1S/C15H12F2N4O2S/c1-23-15-9(16)5-8(6-10(15)17)18-7-13(22)19-11-3-2-4-12-14(11)21-24-20-12/h2-6,18H,7H2,1H3,(H,19,22). The highest BCUT2D eigenvalue weighted by Crippen LogP contribution is 2.25. The molecule has 9 heteroatoms. The van der Waals surface area contributed by atoms with Crippen LogP contribution in [0.1, 0.15) is 0 Å². The van der Waals surface area contributed by atoms with Crippen molar-refractivity contribution in [3.05, 3.63) is 42.0 Å². The summed E-state index contributed by atoms with van der Waals surface area (Å²) in [6, 6.07) is 7.35. The Morgan fingerprint density at radius 3 is 2.71 bits per heavy atom. The van der Waals surface area contributed by atoms with Crippen LogP contribution in [-0.4, -0.2) is 28.3 Å². The molecule has 0 aliphatic heterocycles. The van der Waals surface area contributed by atoms with Gasteiger partial charge in [0.25, 0.3) is 0 Å². The van der Waals surface area contributed by atoms with E-state index in [1.54, 1.807) is 18.2 Å². The molecule has 0 aliphatic rings. The first kappa shape index (κ1) is 16.1. The van der Waals surface area contributed by atoms with E-state index < -0.39 is 17.4 Å². The van der Waals surface area contributed by atoms with Crippen LogP contribution in [0.2, 0.25) is 0 Å². The minimum absolute atomic E-state index is 0.134. The second kappa shape index (κ2) is 6.75. The van der Waals surface area contributed by atoms with Crippen LogP contribution in [-0.2, 0) is 4.79 Å². The van der Waals surface area contributed by atoms with Gasteiger partial charge in [-0.1, -0.05) is 6.07 Å². The Bertz CT molecular complexity index is 877. The van der Waals surface area contributed by atoms with E-state index in [0.29, 0.717) is 16.7 Å². The van der Waals surface area contributed by atoms with Gasteiger partial charge in [0.2, 0.25) is 5.91 Å². The number of halogens is 2. The quantitative estimate of drug-likeness (QED) is 0.740. The van der Waals surface area contributed by atoms with Crippen LogP contribution in [0.4, 0.5) is 20.2 Å². The van der Waals surface area contributed by atoms with Crippen molar-refractivity contribution in [2.75, 3.05) is 24.3 Å². The number of anilines is 2. The molecule has 2 aromatic carbocycles. The highest BCUT2D eigenvalue weighted by Gasteiger charge is 2.13. The summed E-state index contributed by atoms with van der Waals surface area (Å²) in [6.07, 6.45) is 0. The molecule has 0 atom stereocenters. The maximum Gasteiger partial charge on any atom is 0.243 e. The van der Waals surface area contributed by atoms with Gasteiger partial charge in [-0.15, -0.1) is 0 Å². The Kier molecular flexibility index (Phi) is 4.52. The fourth-order valence-corrected chi connectivity index (χ4v) is 2.69. The van der Waals surface area contributed by atoms with Gasteiger partial charge in [0, 0.05) is 17.8 Å². The van der Waals surface area contributed by atoms with Gasteiger partial charge in [0.05, 0.1) is 31.1 Å². The summed E-state index contributed by atoms with van der Waals surface area (Å²) in [7, 11) is 1.18. The Morgan fingerprint density at radius 1 is 1.25 bits per heavy atom. The summed E-state index contributed by atoms with van der Waals surface area (Å²) in [5.41, 5.74) is 1.94. The van der Waals surface area contributed by atoms with E-state index in [-0.39, 0.29) is 18.1 Å². The largest absolute Gasteiger partial charge is 0.491 e. The number of nitrogens with one attached hydrogen (secondary N) is 2. The maximum atomic E-state index is 13.6. The lowest BCUT2D eigenvalue weighted by atomic mass is 10.2. The van der Waals surface area contributed by atoms with Crippen molar-refractivity contribution < 1.29 is 18.3 Å². The zero-order valence-corrected chi connectivity index (χ0v) is 13.3. The molecule has 0 saturated heterocycles.